The number of benzene rings is 1. The molecule has 0 aromatic heterocycles. The molecular weight excluding hydrogens is 417 g/mol. The van der Waals surface area contributed by atoms with E-state index < -0.39 is 5.82 Å². The highest BCUT2D eigenvalue weighted by molar-refractivity contribution is 7.78. The standard InChI is InChI=1S/C28H42FNOS/c1-2-3-4-5-6-7-8-22-9-13-24(14-10-22)25-15-11-23(12-16-25)20-31-26-17-18-28(30-21-32)27(29)19-26/h17-19,22-25H,2-16,20H2,1H3. The van der Waals surface area contributed by atoms with E-state index in [1.807, 2.05) is 0 Å². The fourth-order valence-electron chi connectivity index (χ4n) is 5.92. The van der Waals surface area contributed by atoms with Crippen LogP contribution in [-0.2, 0) is 0 Å². The molecule has 0 N–H and O–H groups in total. The lowest BCUT2D eigenvalue weighted by molar-refractivity contribution is 0.121. The summed E-state index contributed by atoms with van der Waals surface area (Å²) < 4.78 is 19.9. The third kappa shape index (κ3) is 8.27. The number of hydrogen-bond donors (Lipinski definition) is 0. The smallest absolute Gasteiger partial charge is 0.153 e. The van der Waals surface area contributed by atoms with Crippen molar-refractivity contribution in [1.29, 1.82) is 0 Å². The van der Waals surface area contributed by atoms with E-state index in [0.29, 0.717) is 18.3 Å². The second-order valence-electron chi connectivity index (χ2n) is 10.2. The first-order chi connectivity index (χ1) is 15.7. The molecule has 1 aromatic carbocycles. The first-order valence-corrected chi connectivity index (χ1v) is 13.6. The molecule has 32 heavy (non-hydrogen) atoms. The van der Waals surface area contributed by atoms with E-state index in [2.05, 4.69) is 29.3 Å². The summed E-state index contributed by atoms with van der Waals surface area (Å²) in [5, 5.41) is 2.21. The van der Waals surface area contributed by atoms with Crippen LogP contribution >= 0.6 is 12.2 Å². The topological polar surface area (TPSA) is 21.6 Å². The van der Waals surface area contributed by atoms with Crippen molar-refractivity contribution in [1.82, 2.24) is 0 Å². The number of aliphatic imine (C=N–C) groups is 1. The Labute approximate surface area is 200 Å². The normalized spacial score (nSPS) is 25.8. The van der Waals surface area contributed by atoms with Gasteiger partial charge in [0.1, 0.15) is 11.4 Å². The summed E-state index contributed by atoms with van der Waals surface area (Å²) in [6.45, 7) is 2.98. The fraction of sp³-hybridized carbons (Fsp3) is 0.750. The lowest BCUT2D eigenvalue weighted by Gasteiger charge is -2.38. The van der Waals surface area contributed by atoms with E-state index in [4.69, 9.17) is 4.74 Å². The molecule has 0 radical (unpaired) electrons. The molecule has 0 unspecified atom stereocenters. The molecule has 0 amide bonds. The molecule has 2 saturated carbocycles. The molecule has 0 heterocycles. The molecule has 178 valence electrons. The minimum Gasteiger partial charge on any atom is -0.493 e. The van der Waals surface area contributed by atoms with Crippen LogP contribution < -0.4 is 4.74 Å². The zero-order valence-corrected chi connectivity index (χ0v) is 20.8. The van der Waals surface area contributed by atoms with Gasteiger partial charge in [0.05, 0.1) is 11.8 Å². The Balaban J connectivity index is 1.29. The van der Waals surface area contributed by atoms with E-state index in [1.165, 1.54) is 102 Å². The van der Waals surface area contributed by atoms with Gasteiger partial charge in [-0.15, -0.1) is 0 Å². The van der Waals surface area contributed by atoms with E-state index in [1.54, 1.807) is 12.1 Å². The van der Waals surface area contributed by atoms with Gasteiger partial charge in [-0.3, -0.25) is 0 Å². The van der Waals surface area contributed by atoms with E-state index in [0.717, 1.165) is 17.8 Å². The van der Waals surface area contributed by atoms with Crippen LogP contribution in [0.15, 0.2) is 23.2 Å². The van der Waals surface area contributed by atoms with Crippen LogP contribution in [0.5, 0.6) is 5.75 Å². The molecule has 1 aromatic rings. The van der Waals surface area contributed by atoms with Gasteiger partial charge in [0.15, 0.2) is 5.82 Å². The zero-order valence-electron chi connectivity index (χ0n) is 20.0. The summed E-state index contributed by atoms with van der Waals surface area (Å²) in [4.78, 5) is 3.72. The average molecular weight is 460 g/mol. The lowest BCUT2D eigenvalue weighted by atomic mass is 9.69. The number of unbranched alkanes of at least 4 members (excludes halogenated alkanes) is 5. The molecule has 0 bridgehead atoms. The van der Waals surface area contributed by atoms with Crippen molar-refractivity contribution < 1.29 is 9.13 Å². The van der Waals surface area contributed by atoms with Gasteiger partial charge in [0.2, 0.25) is 0 Å². The lowest BCUT2D eigenvalue weighted by Crippen LogP contribution is -2.27. The van der Waals surface area contributed by atoms with Crippen molar-refractivity contribution in [2.45, 2.75) is 103 Å². The Morgan fingerprint density at radius 1 is 0.906 bits per heavy atom. The minimum atomic E-state index is -0.407. The van der Waals surface area contributed by atoms with Crippen LogP contribution in [0.3, 0.4) is 0 Å². The van der Waals surface area contributed by atoms with Crippen LogP contribution in [0.1, 0.15) is 103 Å². The molecule has 2 nitrogen and oxygen atoms in total. The molecule has 0 saturated heterocycles. The Kier molecular flexibility index (Phi) is 11.2. The molecule has 0 aliphatic heterocycles. The molecular formula is C28H42FNOS. The predicted octanol–water partition coefficient (Wildman–Crippen LogP) is 9.30. The first kappa shape index (κ1) is 25.4. The summed E-state index contributed by atoms with van der Waals surface area (Å²) in [7, 11) is 0. The number of rotatable bonds is 12. The van der Waals surface area contributed by atoms with Crippen molar-refractivity contribution in [3.05, 3.63) is 24.0 Å². The Morgan fingerprint density at radius 2 is 1.53 bits per heavy atom. The Bertz CT molecular complexity index is 716. The average Bonchev–Trinajstić information content (AvgIpc) is 2.82. The van der Waals surface area contributed by atoms with Crippen LogP contribution in [0.4, 0.5) is 10.1 Å². The van der Waals surface area contributed by atoms with Crippen LogP contribution in [0, 0.1) is 29.5 Å². The first-order valence-electron chi connectivity index (χ1n) is 13.2. The van der Waals surface area contributed by atoms with Gasteiger partial charge in [0.25, 0.3) is 0 Å². The zero-order chi connectivity index (χ0) is 22.6. The summed E-state index contributed by atoms with van der Waals surface area (Å²) in [5.41, 5.74) is 0.217. The summed E-state index contributed by atoms with van der Waals surface area (Å²) in [6, 6.07) is 4.77. The van der Waals surface area contributed by atoms with E-state index in [9.17, 15) is 4.39 Å². The second kappa shape index (κ2) is 14.1. The third-order valence-corrected chi connectivity index (χ3v) is 8.08. The van der Waals surface area contributed by atoms with Crippen molar-refractivity contribution >= 4 is 23.1 Å². The van der Waals surface area contributed by atoms with Crippen molar-refractivity contribution in [2.75, 3.05) is 6.61 Å². The highest BCUT2D eigenvalue weighted by atomic mass is 32.1. The maximum absolute atomic E-state index is 14.0. The number of halogens is 1. The monoisotopic (exact) mass is 459 g/mol. The third-order valence-electron chi connectivity index (χ3n) is 7.99. The van der Waals surface area contributed by atoms with Crippen LogP contribution in [0.25, 0.3) is 0 Å². The van der Waals surface area contributed by atoms with Gasteiger partial charge in [-0.05, 0) is 86.5 Å². The highest BCUT2D eigenvalue weighted by Gasteiger charge is 2.30. The molecule has 0 atom stereocenters. The summed E-state index contributed by atoms with van der Waals surface area (Å²) >= 11 is 4.54. The minimum absolute atomic E-state index is 0.217. The molecule has 3 rings (SSSR count). The Morgan fingerprint density at radius 3 is 2.16 bits per heavy atom. The van der Waals surface area contributed by atoms with E-state index in [-0.39, 0.29) is 5.69 Å². The number of hydrogen-bond acceptors (Lipinski definition) is 3. The summed E-state index contributed by atoms with van der Waals surface area (Å²) in [6.07, 6.45) is 21.1. The van der Waals surface area contributed by atoms with Gasteiger partial charge in [-0.25, -0.2) is 4.39 Å². The molecule has 0 spiro atoms. The maximum Gasteiger partial charge on any atom is 0.153 e. The van der Waals surface area contributed by atoms with Gasteiger partial charge < -0.3 is 4.74 Å². The van der Waals surface area contributed by atoms with Crippen molar-refractivity contribution in [3.63, 3.8) is 0 Å². The number of isothiocyanates is 1. The number of thiocarbonyl (C=S) groups is 1. The predicted molar refractivity (Wildman–Crippen MR) is 135 cm³/mol. The van der Waals surface area contributed by atoms with Gasteiger partial charge in [0, 0.05) is 6.07 Å². The molecule has 2 aliphatic rings. The van der Waals surface area contributed by atoms with Crippen LogP contribution in [0.2, 0.25) is 0 Å². The molecule has 2 fully saturated rings. The van der Waals surface area contributed by atoms with Crippen molar-refractivity contribution in [2.24, 2.45) is 28.7 Å². The Hall–Kier alpha value is -1.25. The van der Waals surface area contributed by atoms with Gasteiger partial charge >= 0.3 is 0 Å². The number of ether oxygens (including phenoxy) is 1. The SMILES string of the molecule is CCCCCCCCC1CCC(C2CCC(COc3ccc(N=C=S)c(F)c3)CC2)CC1. The fourth-order valence-corrected chi connectivity index (χ4v) is 6.02. The van der Waals surface area contributed by atoms with Gasteiger partial charge in [-0.2, -0.15) is 4.99 Å². The second-order valence-corrected chi connectivity index (χ2v) is 10.4. The summed E-state index contributed by atoms with van der Waals surface area (Å²) in [5.74, 6) is 3.65. The highest BCUT2D eigenvalue weighted by Crippen LogP contribution is 2.42. The van der Waals surface area contributed by atoms with Crippen LogP contribution in [-0.4, -0.2) is 11.8 Å². The van der Waals surface area contributed by atoms with Gasteiger partial charge in [-0.1, -0.05) is 64.7 Å². The van der Waals surface area contributed by atoms with Crippen molar-refractivity contribution in [3.8, 4) is 5.75 Å². The largest absolute Gasteiger partial charge is 0.493 e. The van der Waals surface area contributed by atoms with E-state index >= 15 is 0 Å². The molecule has 4 heteroatoms. The quantitative estimate of drug-likeness (QED) is 0.176. The maximum atomic E-state index is 14.0. The molecule has 2 aliphatic carbocycles. The number of nitrogens with zero attached hydrogens (tertiary/aromatic N) is 1.